The molecule has 2 heterocycles. The minimum atomic E-state index is -3.49. The number of fused-ring (bicyclic) bond motifs is 1. The molecule has 0 bridgehead atoms. The molecule has 3 aromatic rings. The Morgan fingerprint density at radius 2 is 1.83 bits per heavy atom. The summed E-state index contributed by atoms with van der Waals surface area (Å²) >= 11 is 0. The standard InChI is InChI=1S/C25H26N2O7S/c1-16-11-21(17(2)27(16)13-20-14-32-23-9-4-5-10-24(23)34-20)22(28)15-33-25(29)18-7-6-8-19(12-18)26-35(3,30)31/h4-12,20,26H,13-15H2,1-3H3/t20-/m1/s1. The molecule has 0 radical (unpaired) electrons. The lowest BCUT2D eigenvalue weighted by molar-refractivity contribution is 0.0474. The zero-order chi connectivity index (χ0) is 25.2. The summed E-state index contributed by atoms with van der Waals surface area (Å²) in [5.41, 5.74) is 2.43. The number of anilines is 1. The molecule has 9 nitrogen and oxygen atoms in total. The second kappa shape index (κ2) is 9.83. The SMILES string of the molecule is Cc1cc(C(=O)COC(=O)c2cccc(NS(C)(=O)=O)c2)c(C)n1C[C@@H]1COc2ccccc2O1. The number of carbonyl (C=O) groups is 2. The Bertz CT molecular complexity index is 1380. The number of hydrogen-bond acceptors (Lipinski definition) is 7. The number of sulfonamides is 1. The molecule has 0 spiro atoms. The van der Waals surface area contributed by atoms with Crippen LogP contribution in [0.25, 0.3) is 0 Å². The minimum absolute atomic E-state index is 0.131. The van der Waals surface area contributed by atoms with Gasteiger partial charge in [-0.25, -0.2) is 13.2 Å². The highest BCUT2D eigenvalue weighted by molar-refractivity contribution is 7.92. The summed E-state index contributed by atoms with van der Waals surface area (Å²) in [5, 5.41) is 0. The van der Waals surface area contributed by atoms with Crippen LogP contribution in [0.2, 0.25) is 0 Å². The quantitative estimate of drug-likeness (QED) is 0.374. The summed E-state index contributed by atoms with van der Waals surface area (Å²) in [6, 6.07) is 15.1. The zero-order valence-electron chi connectivity index (χ0n) is 19.6. The van der Waals surface area contributed by atoms with Gasteiger partial charge in [0.15, 0.2) is 24.2 Å². The van der Waals surface area contributed by atoms with Gasteiger partial charge in [-0.05, 0) is 50.2 Å². The first kappa shape index (κ1) is 24.3. The molecule has 4 rings (SSSR count). The molecule has 10 heteroatoms. The van der Waals surface area contributed by atoms with Gasteiger partial charge in [0, 0.05) is 22.6 Å². The number of nitrogens with one attached hydrogen (secondary N) is 1. The van der Waals surface area contributed by atoms with Crippen molar-refractivity contribution >= 4 is 27.5 Å². The van der Waals surface area contributed by atoms with E-state index in [1.807, 2.05) is 42.7 Å². The van der Waals surface area contributed by atoms with Crippen LogP contribution in [0.1, 0.15) is 32.1 Å². The maximum absolute atomic E-state index is 12.8. The fourth-order valence-corrected chi connectivity index (χ4v) is 4.49. The number of para-hydroxylation sites is 2. The Morgan fingerprint density at radius 1 is 1.09 bits per heavy atom. The van der Waals surface area contributed by atoms with Crippen LogP contribution in [0.4, 0.5) is 5.69 Å². The minimum Gasteiger partial charge on any atom is -0.486 e. The summed E-state index contributed by atoms with van der Waals surface area (Å²) in [5.74, 6) is 0.329. The van der Waals surface area contributed by atoms with E-state index in [9.17, 15) is 18.0 Å². The summed E-state index contributed by atoms with van der Waals surface area (Å²) in [7, 11) is -3.49. The van der Waals surface area contributed by atoms with Gasteiger partial charge in [0.25, 0.3) is 0 Å². The van der Waals surface area contributed by atoms with Crippen LogP contribution in [0, 0.1) is 13.8 Å². The van der Waals surface area contributed by atoms with Crippen LogP contribution < -0.4 is 14.2 Å². The van der Waals surface area contributed by atoms with Crippen molar-refractivity contribution in [3.8, 4) is 11.5 Å². The third-order valence-corrected chi connectivity index (χ3v) is 6.17. The highest BCUT2D eigenvalue weighted by Crippen LogP contribution is 2.31. The van der Waals surface area contributed by atoms with Crippen LogP contribution >= 0.6 is 0 Å². The lowest BCUT2D eigenvalue weighted by Gasteiger charge is -2.27. The lowest BCUT2D eigenvalue weighted by Crippen LogP contribution is -2.33. The Balaban J connectivity index is 1.40. The maximum Gasteiger partial charge on any atom is 0.338 e. The van der Waals surface area contributed by atoms with Crippen molar-refractivity contribution in [1.29, 1.82) is 0 Å². The molecule has 1 aliphatic heterocycles. The van der Waals surface area contributed by atoms with E-state index in [0.29, 0.717) is 30.2 Å². The number of aromatic nitrogens is 1. The molecule has 0 amide bonds. The number of Topliss-reactive ketones (excluding diaryl/α,β-unsaturated/α-hetero) is 1. The van der Waals surface area contributed by atoms with Crippen LogP contribution in [0.5, 0.6) is 11.5 Å². The number of rotatable bonds is 8. The molecular formula is C25H26N2O7S. The topological polar surface area (TPSA) is 113 Å². The van der Waals surface area contributed by atoms with Crippen molar-refractivity contribution in [2.45, 2.75) is 26.5 Å². The first-order chi connectivity index (χ1) is 16.6. The number of benzene rings is 2. The van der Waals surface area contributed by atoms with Crippen LogP contribution in [-0.2, 0) is 21.3 Å². The van der Waals surface area contributed by atoms with Gasteiger partial charge in [-0.3, -0.25) is 9.52 Å². The smallest absolute Gasteiger partial charge is 0.338 e. The second-order valence-electron chi connectivity index (χ2n) is 8.35. The summed E-state index contributed by atoms with van der Waals surface area (Å²) in [4.78, 5) is 25.3. The number of nitrogens with zero attached hydrogens (tertiary/aromatic N) is 1. The van der Waals surface area contributed by atoms with Gasteiger partial charge in [0.2, 0.25) is 15.8 Å². The van der Waals surface area contributed by atoms with Gasteiger partial charge in [-0.1, -0.05) is 18.2 Å². The highest BCUT2D eigenvalue weighted by Gasteiger charge is 2.24. The van der Waals surface area contributed by atoms with Gasteiger partial charge in [-0.15, -0.1) is 0 Å². The Hall–Kier alpha value is -3.79. The van der Waals surface area contributed by atoms with Crippen molar-refractivity contribution in [1.82, 2.24) is 4.57 Å². The summed E-state index contributed by atoms with van der Waals surface area (Å²) < 4.78 is 44.1. The van der Waals surface area contributed by atoms with Gasteiger partial charge in [0.05, 0.1) is 18.4 Å². The average Bonchev–Trinajstić information content (AvgIpc) is 3.09. The number of esters is 1. The van der Waals surface area contributed by atoms with Crippen LogP contribution in [0.15, 0.2) is 54.6 Å². The van der Waals surface area contributed by atoms with E-state index >= 15 is 0 Å². The number of ether oxygens (including phenoxy) is 3. The monoisotopic (exact) mass is 498 g/mol. The average molecular weight is 499 g/mol. The molecule has 0 aliphatic carbocycles. The van der Waals surface area contributed by atoms with Gasteiger partial charge >= 0.3 is 5.97 Å². The maximum atomic E-state index is 12.8. The molecule has 0 saturated carbocycles. The van der Waals surface area contributed by atoms with Gasteiger partial charge in [-0.2, -0.15) is 0 Å². The third kappa shape index (κ3) is 5.83. The van der Waals surface area contributed by atoms with E-state index in [4.69, 9.17) is 14.2 Å². The van der Waals surface area contributed by atoms with Crippen molar-refractivity contribution in [3.63, 3.8) is 0 Å². The summed E-state index contributed by atoms with van der Waals surface area (Å²) in [6.07, 6.45) is 0.794. The molecule has 0 saturated heterocycles. The normalized spacial score (nSPS) is 14.9. The predicted octanol–water partition coefficient (Wildman–Crippen LogP) is 3.36. The van der Waals surface area contributed by atoms with Crippen LogP contribution in [0.3, 0.4) is 0 Å². The molecule has 1 aromatic heterocycles. The van der Waals surface area contributed by atoms with Crippen molar-refractivity contribution in [2.24, 2.45) is 0 Å². The molecule has 1 N–H and O–H groups in total. The highest BCUT2D eigenvalue weighted by atomic mass is 32.2. The fourth-order valence-electron chi connectivity index (χ4n) is 3.94. The van der Waals surface area contributed by atoms with E-state index in [2.05, 4.69) is 4.72 Å². The first-order valence-electron chi connectivity index (χ1n) is 10.9. The van der Waals surface area contributed by atoms with Crippen LogP contribution in [-0.4, -0.2) is 50.3 Å². The summed E-state index contributed by atoms with van der Waals surface area (Å²) in [6.45, 7) is 4.18. The van der Waals surface area contributed by atoms with E-state index in [0.717, 1.165) is 17.6 Å². The van der Waals surface area contributed by atoms with Gasteiger partial charge in [0.1, 0.15) is 6.61 Å². The Morgan fingerprint density at radius 3 is 2.57 bits per heavy atom. The van der Waals surface area contributed by atoms with Crippen molar-refractivity contribution < 1.29 is 32.2 Å². The molecule has 184 valence electrons. The van der Waals surface area contributed by atoms with E-state index in [-0.39, 0.29) is 23.1 Å². The first-order valence-corrected chi connectivity index (χ1v) is 12.8. The molecule has 2 aromatic carbocycles. The number of aryl methyl sites for hydroxylation is 1. The molecule has 35 heavy (non-hydrogen) atoms. The van der Waals surface area contributed by atoms with E-state index in [1.165, 1.54) is 24.3 Å². The van der Waals surface area contributed by atoms with Crippen molar-refractivity contribution in [3.05, 3.63) is 77.1 Å². The van der Waals surface area contributed by atoms with E-state index < -0.39 is 22.6 Å². The lowest BCUT2D eigenvalue weighted by atomic mass is 10.1. The van der Waals surface area contributed by atoms with Gasteiger partial charge < -0.3 is 18.8 Å². The largest absolute Gasteiger partial charge is 0.486 e. The zero-order valence-corrected chi connectivity index (χ0v) is 20.4. The molecule has 1 aliphatic rings. The number of hydrogen-bond donors (Lipinski definition) is 1. The number of ketones is 1. The number of carbonyl (C=O) groups excluding carboxylic acids is 2. The fraction of sp³-hybridized carbons (Fsp3) is 0.280. The Kier molecular flexibility index (Phi) is 6.83. The van der Waals surface area contributed by atoms with E-state index in [1.54, 1.807) is 6.07 Å². The third-order valence-electron chi connectivity index (χ3n) is 5.56. The molecule has 0 fully saturated rings. The second-order valence-corrected chi connectivity index (χ2v) is 10.1. The Labute approximate surface area is 203 Å². The predicted molar refractivity (Wildman–Crippen MR) is 130 cm³/mol. The molecule has 0 unspecified atom stereocenters. The van der Waals surface area contributed by atoms with Crippen molar-refractivity contribution in [2.75, 3.05) is 24.2 Å². The molecule has 1 atom stereocenters. The molecular weight excluding hydrogens is 472 g/mol.